The van der Waals surface area contributed by atoms with Gasteiger partial charge in [-0.05, 0) is 49.2 Å². The van der Waals surface area contributed by atoms with Crippen LogP contribution in [0.4, 0.5) is 4.39 Å². The van der Waals surface area contributed by atoms with Crippen LogP contribution in [-0.2, 0) is 0 Å². The van der Waals surface area contributed by atoms with E-state index in [4.69, 9.17) is 16.1 Å². The molecule has 1 atom stereocenters. The van der Waals surface area contributed by atoms with E-state index < -0.39 is 0 Å². The van der Waals surface area contributed by atoms with Gasteiger partial charge in [0, 0.05) is 17.7 Å². The first-order valence-electron chi connectivity index (χ1n) is 8.28. The summed E-state index contributed by atoms with van der Waals surface area (Å²) in [6.45, 7) is 0.588. The molecular formula is C19H15ClFN3O2. The Kier molecular flexibility index (Phi) is 4.42. The van der Waals surface area contributed by atoms with Gasteiger partial charge in [0.05, 0.1) is 5.02 Å². The highest BCUT2D eigenvalue weighted by atomic mass is 35.5. The zero-order chi connectivity index (χ0) is 18.1. The molecule has 0 saturated carbocycles. The minimum Gasteiger partial charge on any atom is -0.337 e. The van der Waals surface area contributed by atoms with Gasteiger partial charge in [-0.25, -0.2) is 4.39 Å². The molecule has 4 rings (SSSR count). The molecule has 5 nitrogen and oxygen atoms in total. The normalized spacial score (nSPS) is 16.8. The monoisotopic (exact) mass is 371 g/mol. The van der Waals surface area contributed by atoms with Crippen LogP contribution in [0.1, 0.15) is 35.1 Å². The summed E-state index contributed by atoms with van der Waals surface area (Å²) in [5, 5.41) is 4.54. The maximum atomic E-state index is 13.1. The molecule has 26 heavy (non-hydrogen) atoms. The highest BCUT2D eigenvalue weighted by molar-refractivity contribution is 6.33. The van der Waals surface area contributed by atoms with Crippen molar-refractivity contribution in [2.24, 2.45) is 0 Å². The van der Waals surface area contributed by atoms with Gasteiger partial charge in [-0.3, -0.25) is 4.79 Å². The first-order valence-corrected chi connectivity index (χ1v) is 8.66. The van der Waals surface area contributed by atoms with Crippen molar-refractivity contribution in [1.82, 2.24) is 15.0 Å². The molecule has 132 valence electrons. The first kappa shape index (κ1) is 16.7. The van der Waals surface area contributed by atoms with Gasteiger partial charge in [0.2, 0.25) is 11.7 Å². The van der Waals surface area contributed by atoms with Crippen molar-refractivity contribution in [2.75, 3.05) is 6.54 Å². The lowest BCUT2D eigenvalue weighted by atomic mass is 10.1. The van der Waals surface area contributed by atoms with Crippen molar-refractivity contribution < 1.29 is 13.7 Å². The summed E-state index contributed by atoms with van der Waals surface area (Å²) in [7, 11) is 0. The van der Waals surface area contributed by atoms with Crippen LogP contribution in [0.15, 0.2) is 53.1 Å². The number of likely N-dealkylation sites (tertiary alicyclic amines) is 1. The van der Waals surface area contributed by atoms with Crippen molar-refractivity contribution in [3.8, 4) is 11.4 Å². The van der Waals surface area contributed by atoms with Crippen LogP contribution >= 0.6 is 11.6 Å². The maximum absolute atomic E-state index is 13.1. The van der Waals surface area contributed by atoms with E-state index in [1.807, 2.05) is 18.2 Å². The topological polar surface area (TPSA) is 59.2 Å². The summed E-state index contributed by atoms with van der Waals surface area (Å²) in [6, 6.07) is 12.5. The fraction of sp³-hybridized carbons (Fsp3) is 0.211. The van der Waals surface area contributed by atoms with Crippen molar-refractivity contribution in [3.05, 3.63) is 70.8 Å². The van der Waals surface area contributed by atoms with E-state index in [9.17, 15) is 9.18 Å². The van der Waals surface area contributed by atoms with Crippen LogP contribution in [0.5, 0.6) is 0 Å². The second-order valence-corrected chi connectivity index (χ2v) is 6.51. The molecule has 1 aliphatic heterocycles. The molecule has 0 aliphatic carbocycles. The summed E-state index contributed by atoms with van der Waals surface area (Å²) in [6.07, 6.45) is 1.57. The number of rotatable bonds is 3. The first-order chi connectivity index (χ1) is 12.6. The Morgan fingerprint density at radius 2 is 1.96 bits per heavy atom. The smallest absolute Gasteiger partial charge is 0.254 e. The predicted molar refractivity (Wildman–Crippen MR) is 94.2 cm³/mol. The summed E-state index contributed by atoms with van der Waals surface area (Å²) in [5.41, 5.74) is 1.11. The zero-order valence-electron chi connectivity index (χ0n) is 13.7. The molecule has 0 radical (unpaired) electrons. The largest absolute Gasteiger partial charge is 0.337 e. The molecule has 3 aromatic rings. The maximum Gasteiger partial charge on any atom is 0.254 e. The lowest BCUT2D eigenvalue weighted by Gasteiger charge is -2.21. The third kappa shape index (κ3) is 3.08. The number of carbonyl (C=O) groups is 1. The van der Waals surface area contributed by atoms with Gasteiger partial charge in [-0.2, -0.15) is 4.98 Å². The molecule has 0 spiro atoms. The summed E-state index contributed by atoms with van der Waals surface area (Å²) in [4.78, 5) is 18.9. The van der Waals surface area contributed by atoms with E-state index in [1.165, 1.54) is 24.3 Å². The second kappa shape index (κ2) is 6.88. The van der Waals surface area contributed by atoms with Gasteiger partial charge in [0.1, 0.15) is 11.9 Å². The zero-order valence-corrected chi connectivity index (χ0v) is 14.5. The number of carbonyl (C=O) groups excluding carboxylic acids is 1. The van der Waals surface area contributed by atoms with Crippen molar-refractivity contribution in [3.63, 3.8) is 0 Å². The average Bonchev–Trinajstić information content (AvgIpc) is 3.31. The number of amides is 1. The number of aromatic nitrogens is 2. The van der Waals surface area contributed by atoms with Crippen LogP contribution in [0.25, 0.3) is 11.4 Å². The number of halogens is 2. The van der Waals surface area contributed by atoms with E-state index >= 15 is 0 Å². The highest BCUT2D eigenvalue weighted by Gasteiger charge is 2.34. The molecule has 1 fully saturated rings. The quantitative estimate of drug-likeness (QED) is 0.679. The van der Waals surface area contributed by atoms with E-state index in [2.05, 4.69) is 10.1 Å². The van der Waals surface area contributed by atoms with Crippen molar-refractivity contribution >= 4 is 17.5 Å². The number of hydrogen-bond donors (Lipinski definition) is 0. The Balaban J connectivity index is 1.60. The summed E-state index contributed by atoms with van der Waals surface area (Å²) >= 11 is 6.18. The lowest BCUT2D eigenvalue weighted by Crippen LogP contribution is -2.30. The molecule has 1 amide bonds. The Morgan fingerprint density at radius 1 is 1.19 bits per heavy atom. The van der Waals surface area contributed by atoms with E-state index in [0.717, 1.165) is 12.8 Å². The fourth-order valence-electron chi connectivity index (χ4n) is 3.15. The Hall–Kier alpha value is -2.73. The standard InChI is InChI=1S/C19H15ClFN3O2/c20-15-5-2-1-4-14(15)17-22-18(26-23-17)16-6-3-11-24(16)19(25)12-7-9-13(21)10-8-12/h1-2,4-5,7-10,16H,3,6,11H2. The molecule has 7 heteroatoms. The van der Waals surface area contributed by atoms with Crippen LogP contribution in [0.3, 0.4) is 0 Å². The third-order valence-electron chi connectivity index (χ3n) is 4.45. The summed E-state index contributed by atoms with van der Waals surface area (Å²) < 4.78 is 18.5. The third-order valence-corrected chi connectivity index (χ3v) is 4.78. The fourth-order valence-corrected chi connectivity index (χ4v) is 3.37. The molecular weight excluding hydrogens is 357 g/mol. The van der Waals surface area contributed by atoms with E-state index in [1.54, 1.807) is 11.0 Å². The van der Waals surface area contributed by atoms with Gasteiger partial charge >= 0.3 is 0 Å². The highest BCUT2D eigenvalue weighted by Crippen LogP contribution is 2.34. The van der Waals surface area contributed by atoms with E-state index in [-0.39, 0.29) is 17.8 Å². The minimum atomic E-state index is -0.374. The molecule has 1 aromatic heterocycles. The van der Waals surface area contributed by atoms with Crippen LogP contribution in [-0.4, -0.2) is 27.5 Å². The average molecular weight is 372 g/mol. The Morgan fingerprint density at radius 3 is 2.73 bits per heavy atom. The second-order valence-electron chi connectivity index (χ2n) is 6.10. The predicted octanol–water partition coefficient (Wildman–Crippen LogP) is 4.51. The molecule has 1 aliphatic rings. The van der Waals surface area contributed by atoms with Gasteiger partial charge < -0.3 is 9.42 Å². The van der Waals surface area contributed by atoms with Gasteiger partial charge in [0.15, 0.2) is 0 Å². The minimum absolute atomic E-state index is 0.176. The SMILES string of the molecule is O=C(c1ccc(F)cc1)N1CCCC1c1nc(-c2ccccc2Cl)no1. The van der Waals surface area contributed by atoms with Crippen LogP contribution < -0.4 is 0 Å². The van der Waals surface area contributed by atoms with E-state index in [0.29, 0.717) is 34.4 Å². The van der Waals surface area contributed by atoms with Crippen molar-refractivity contribution in [2.45, 2.75) is 18.9 Å². The van der Waals surface area contributed by atoms with Gasteiger partial charge in [-0.1, -0.05) is 28.9 Å². The lowest BCUT2D eigenvalue weighted by molar-refractivity contribution is 0.0710. The van der Waals surface area contributed by atoms with Crippen LogP contribution in [0, 0.1) is 5.82 Å². The molecule has 2 aromatic carbocycles. The molecule has 0 bridgehead atoms. The number of nitrogens with zero attached hydrogens (tertiary/aromatic N) is 3. The number of hydrogen-bond acceptors (Lipinski definition) is 4. The Bertz CT molecular complexity index is 942. The van der Waals surface area contributed by atoms with Crippen LogP contribution in [0.2, 0.25) is 5.02 Å². The van der Waals surface area contributed by atoms with Gasteiger partial charge in [0.25, 0.3) is 5.91 Å². The molecule has 1 unspecified atom stereocenters. The molecule has 1 saturated heterocycles. The molecule has 0 N–H and O–H groups in total. The van der Waals surface area contributed by atoms with Gasteiger partial charge in [-0.15, -0.1) is 0 Å². The number of benzene rings is 2. The Labute approximate surface area is 154 Å². The summed E-state index contributed by atoms with van der Waals surface area (Å²) in [5.74, 6) is 0.227. The molecule has 2 heterocycles. The van der Waals surface area contributed by atoms with Crippen molar-refractivity contribution in [1.29, 1.82) is 0 Å².